The molecule has 3 rings (SSSR count). The van der Waals surface area contributed by atoms with E-state index in [0.717, 1.165) is 24.0 Å². The number of rotatable bonds is 5. The van der Waals surface area contributed by atoms with Crippen LogP contribution in [0, 0.1) is 0 Å². The zero-order chi connectivity index (χ0) is 13.8. The first-order valence-electron chi connectivity index (χ1n) is 6.86. The van der Waals surface area contributed by atoms with Crippen LogP contribution in [-0.4, -0.2) is 11.1 Å². The Balaban J connectivity index is 1.59. The number of hydrogen-bond acceptors (Lipinski definition) is 1. The van der Waals surface area contributed by atoms with Crippen LogP contribution in [0.2, 0.25) is 0 Å². The highest BCUT2D eigenvalue weighted by Gasteiger charge is 2.01. The molecule has 0 radical (unpaired) electrons. The normalized spacial score (nSPS) is 10.8. The van der Waals surface area contributed by atoms with E-state index < -0.39 is 0 Å². The lowest BCUT2D eigenvalue weighted by molar-refractivity contribution is 0.683. The number of halogens is 1. The number of aromatic nitrogens is 1. The van der Waals surface area contributed by atoms with Gasteiger partial charge in [0.2, 0.25) is 0 Å². The summed E-state index contributed by atoms with van der Waals surface area (Å²) >= 11 is 3.54. The zero-order valence-corrected chi connectivity index (χ0v) is 12.8. The summed E-state index contributed by atoms with van der Waals surface area (Å²) in [5, 5.41) is 4.74. The minimum Gasteiger partial charge on any atom is -0.385 e. The van der Waals surface area contributed by atoms with Crippen LogP contribution < -0.4 is 5.32 Å². The highest BCUT2D eigenvalue weighted by atomic mass is 79.9. The maximum atomic E-state index is 3.54. The third kappa shape index (κ3) is 3.05. The molecule has 3 aromatic rings. The molecule has 0 saturated carbocycles. The van der Waals surface area contributed by atoms with E-state index in [-0.39, 0.29) is 0 Å². The smallest absolute Gasteiger partial charge is 0.0491 e. The maximum Gasteiger partial charge on any atom is 0.0491 e. The number of hydrogen-bond donors (Lipinski definition) is 1. The SMILES string of the molecule is Brc1ccc2ccn(CCCNc3ccccc3)c2c1. The summed E-state index contributed by atoms with van der Waals surface area (Å²) in [5.74, 6) is 0. The van der Waals surface area contributed by atoms with E-state index in [0.29, 0.717) is 0 Å². The summed E-state index contributed by atoms with van der Waals surface area (Å²) < 4.78 is 3.44. The van der Waals surface area contributed by atoms with Crippen LogP contribution in [0.5, 0.6) is 0 Å². The second-order valence-corrected chi connectivity index (χ2v) is 5.77. The molecule has 2 nitrogen and oxygen atoms in total. The second kappa shape index (κ2) is 6.14. The Kier molecular flexibility index (Phi) is 4.07. The fourth-order valence-electron chi connectivity index (χ4n) is 2.39. The van der Waals surface area contributed by atoms with Crippen molar-refractivity contribution in [1.82, 2.24) is 4.57 Å². The lowest BCUT2D eigenvalue weighted by Gasteiger charge is -2.08. The first-order chi connectivity index (χ1) is 9.83. The average molecular weight is 329 g/mol. The van der Waals surface area contributed by atoms with Crippen LogP contribution in [0.15, 0.2) is 65.3 Å². The predicted molar refractivity (Wildman–Crippen MR) is 89.2 cm³/mol. The Bertz CT molecular complexity index is 689. The number of nitrogens with zero attached hydrogens (tertiary/aromatic N) is 1. The summed E-state index contributed by atoms with van der Waals surface area (Å²) in [4.78, 5) is 0. The summed E-state index contributed by atoms with van der Waals surface area (Å²) in [6, 6.07) is 18.9. The van der Waals surface area contributed by atoms with Crippen molar-refractivity contribution in [2.24, 2.45) is 0 Å². The molecule has 0 aliphatic carbocycles. The van der Waals surface area contributed by atoms with E-state index in [9.17, 15) is 0 Å². The molecule has 20 heavy (non-hydrogen) atoms. The molecular formula is C17H17BrN2. The summed E-state index contributed by atoms with van der Waals surface area (Å²) in [6.07, 6.45) is 3.27. The van der Waals surface area contributed by atoms with Crippen LogP contribution in [-0.2, 0) is 6.54 Å². The predicted octanol–water partition coefficient (Wildman–Crippen LogP) is 4.91. The van der Waals surface area contributed by atoms with Crippen molar-refractivity contribution < 1.29 is 0 Å². The van der Waals surface area contributed by atoms with Crippen molar-refractivity contribution in [2.45, 2.75) is 13.0 Å². The lowest BCUT2D eigenvalue weighted by Crippen LogP contribution is -2.05. The van der Waals surface area contributed by atoms with E-state index in [1.807, 2.05) is 6.07 Å². The number of nitrogens with one attached hydrogen (secondary N) is 1. The van der Waals surface area contributed by atoms with Gasteiger partial charge >= 0.3 is 0 Å². The van der Waals surface area contributed by atoms with E-state index >= 15 is 0 Å². The monoisotopic (exact) mass is 328 g/mol. The molecule has 0 unspecified atom stereocenters. The third-order valence-electron chi connectivity index (χ3n) is 3.41. The van der Waals surface area contributed by atoms with E-state index in [1.165, 1.54) is 16.6 Å². The highest BCUT2D eigenvalue weighted by molar-refractivity contribution is 9.10. The van der Waals surface area contributed by atoms with Crippen molar-refractivity contribution in [3.63, 3.8) is 0 Å². The molecule has 102 valence electrons. The quantitative estimate of drug-likeness (QED) is 0.659. The Labute approximate surface area is 127 Å². The van der Waals surface area contributed by atoms with Gasteiger partial charge in [-0.1, -0.05) is 40.2 Å². The van der Waals surface area contributed by atoms with Gasteiger partial charge in [0.15, 0.2) is 0 Å². The molecule has 0 atom stereocenters. The molecule has 2 aromatic carbocycles. The zero-order valence-electron chi connectivity index (χ0n) is 11.2. The first kappa shape index (κ1) is 13.3. The van der Waals surface area contributed by atoms with Gasteiger partial charge in [-0.05, 0) is 42.1 Å². The average Bonchev–Trinajstić information content (AvgIpc) is 2.87. The molecule has 0 amide bonds. The molecule has 0 spiro atoms. The van der Waals surface area contributed by atoms with Gasteiger partial charge < -0.3 is 9.88 Å². The Morgan fingerprint density at radius 1 is 1.00 bits per heavy atom. The summed E-state index contributed by atoms with van der Waals surface area (Å²) in [7, 11) is 0. The standard InChI is InChI=1S/C17H17BrN2/c18-15-8-7-14-9-12-20(17(14)13-15)11-4-10-19-16-5-2-1-3-6-16/h1-3,5-9,12-13,19H,4,10-11H2. The number of aryl methyl sites for hydroxylation is 1. The minimum absolute atomic E-state index is 0.984. The van der Waals surface area contributed by atoms with Gasteiger partial charge in [0.25, 0.3) is 0 Å². The van der Waals surface area contributed by atoms with Gasteiger partial charge in [-0.3, -0.25) is 0 Å². The number of anilines is 1. The van der Waals surface area contributed by atoms with Crippen LogP contribution in [0.3, 0.4) is 0 Å². The van der Waals surface area contributed by atoms with Gasteiger partial charge in [0.1, 0.15) is 0 Å². The van der Waals surface area contributed by atoms with Crippen molar-refractivity contribution in [3.05, 3.63) is 65.3 Å². The van der Waals surface area contributed by atoms with Crippen molar-refractivity contribution in [2.75, 3.05) is 11.9 Å². The van der Waals surface area contributed by atoms with Gasteiger partial charge in [0.05, 0.1) is 0 Å². The molecule has 0 aliphatic rings. The molecule has 0 bridgehead atoms. The Hall–Kier alpha value is -1.74. The Morgan fingerprint density at radius 2 is 1.85 bits per heavy atom. The van der Waals surface area contributed by atoms with Crippen LogP contribution in [0.4, 0.5) is 5.69 Å². The van der Waals surface area contributed by atoms with Crippen molar-refractivity contribution in [3.8, 4) is 0 Å². The van der Waals surface area contributed by atoms with Gasteiger partial charge in [-0.2, -0.15) is 0 Å². The number of fused-ring (bicyclic) bond motifs is 1. The molecule has 0 saturated heterocycles. The maximum absolute atomic E-state index is 3.54. The third-order valence-corrected chi connectivity index (χ3v) is 3.91. The van der Waals surface area contributed by atoms with Gasteiger partial charge in [-0.15, -0.1) is 0 Å². The summed E-state index contributed by atoms with van der Waals surface area (Å²) in [6.45, 7) is 2.01. The van der Waals surface area contributed by atoms with Gasteiger partial charge in [0, 0.05) is 35.0 Å². The van der Waals surface area contributed by atoms with Crippen LogP contribution >= 0.6 is 15.9 Å². The number of para-hydroxylation sites is 1. The largest absolute Gasteiger partial charge is 0.385 e. The van der Waals surface area contributed by atoms with Crippen LogP contribution in [0.25, 0.3) is 10.9 Å². The first-order valence-corrected chi connectivity index (χ1v) is 7.65. The fourth-order valence-corrected chi connectivity index (χ4v) is 2.74. The molecule has 1 N–H and O–H groups in total. The van der Waals surface area contributed by atoms with Crippen LogP contribution in [0.1, 0.15) is 6.42 Å². The highest BCUT2D eigenvalue weighted by Crippen LogP contribution is 2.21. The van der Waals surface area contributed by atoms with E-state index in [1.54, 1.807) is 0 Å². The molecule has 3 heteroatoms. The lowest BCUT2D eigenvalue weighted by atomic mass is 10.2. The molecule has 0 aliphatic heterocycles. The Morgan fingerprint density at radius 3 is 2.70 bits per heavy atom. The van der Waals surface area contributed by atoms with Gasteiger partial charge in [-0.25, -0.2) is 0 Å². The molecular weight excluding hydrogens is 312 g/mol. The molecule has 0 fully saturated rings. The number of benzene rings is 2. The van der Waals surface area contributed by atoms with Crippen molar-refractivity contribution in [1.29, 1.82) is 0 Å². The van der Waals surface area contributed by atoms with E-state index in [4.69, 9.17) is 0 Å². The molecule has 1 aromatic heterocycles. The minimum atomic E-state index is 0.984. The second-order valence-electron chi connectivity index (χ2n) is 4.86. The topological polar surface area (TPSA) is 17.0 Å². The van der Waals surface area contributed by atoms with E-state index in [2.05, 4.69) is 80.5 Å². The fraction of sp³-hybridized carbons (Fsp3) is 0.176. The van der Waals surface area contributed by atoms with Crippen molar-refractivity contribution >= 4 is 32.5 Å². The molecule has 1 heterocycles. The summed E-state index contributed by atoms with van der Waals surface area (Å²) in [5.41, 5.74) is 2.48.